The van der Waals surface area contributed by atoms with Gasteiger partial charge in [-0.05, 0) is 180 Å². The Bertz CT molecular complexity index is 6410. The number of aliphatic hydroxyl groups is 3. The summed E-state index contributed by atoms with van der Waals surface area (Å²) in [6.07, 6.45) is 18.0. The van der Waals surface area contributed by atoms with Crippen LogP contribution in [0.25, 0.3) is 32.7 Å². The number of nitrogens with one attached hydrogen (secondary N) is 6. The van der Waals surface area contributed by atoms with Crippen molar-refractivity contribution in [3.63, 3.8) is 0 Å². The first kappa shape index (κ1) is 105. The molecular formula is C104H140N12O24S3. The second-order valence-corrected chi connectivity index (χ2v) is 49.2. The Morgan fingerprint density at radius 2 is 0.727 bits per heavy atom. The predicted octanol–water partition coefficient (Wildman–Crippen LogP) is 7.82. The number of fused-ring (bicyclic) bond motifs is 15. The maximum Gasteiger partial charge on any atom is 0.261 e. The SMILES string of the molecule is CC(C)C[C@@H]1C(=O)N2CCCC2[C@@]2(O)O[C@@](NC(=O)C3C[C@@H]4c5cccc6[nH]cc(c56)C[C@H]4N(C)C3)(C(C)C)C(=O)C12.CC(C)[C@@]1(NC(=O)[C@@H]2C[C@@H]3c4cccc5[nH]cc(c45)C[C@H]3N(C)C2)O[C@]2(O)C(C1=O)[C@@H](Cc1ccccc1)C(=O)N1CCC[C@H]12.CC(C)[C@H]1C(=O)N2CCC[C@H]2[C@]2(O)O[C@](NC(=O)[C@@H]3C[C@@H]4c5cccc6[nH]cc(c56)C[C@H]4N(C)C3)(C(C)C)C(=O)C12.CS(=O)(=O)O.CS(=O)(=O)O.CS(=O)(=O)O. The number of ketones is 3. The van der Waals surface area contributed by atoms with Crippen molar-refractivity contribution in [1.29, 1.82) is 0 Å². The van der Waals surface area contributed by atoms with E-state index in [2.05, 4.69) is 140 Å². The number of benzene rings is 4. The lowest BCUT2D eigenvalue weighted by molar-refractivity contribution is -0.291. The van der Waals surface area contributed by atoms with Crippen LogP contribution in [0.5, 0.6) is 0 Å². The van der Waals surface area contributed by atoms with E-state index >= 15 is 0 Å². The molecule has 7 aromatic rings. The van der Waals surface area contributed by atoms with E-state index in [1.807, 2.05) is 99.6 Å². The standard InChI is InChI=1S/C36H42N4O5.C33H44N4O5.C32H42N4O5.3CH4O3S/c1-20(2)35(38-33(42)23-16-25-24-11-7-12-27-30(24)22(18-37-27)17-28(25)39(3)19-23)32(41)31-26(15-21-9-5-4-6-10-21)34(43)40-14-8-13-29(40)36(31,44)45-35;1-17(2)12-23-28-29(38)32(18(3)4,42-33(28,41)26-10-7-11-37(26)31(23)40)35-30(39)20-13-22-21-8-6-9-24-27(21)19(15-34-24)14-25(22)36(5)16-20;1-16(2)25-27-28(37)31(17(3)4,41-32(27,40)24-10-7-11-36(24)30(25)39)34-29(38)19-12-21-20-8-6-9-22-26(20)18(14-33-22)13-23(21)35(5)15-19;3*1-5(2,3)4/h4-7,9-12,18,20,23,25-26,28-29,31,37,44H,8,13-17,19H2,1-3H3,(H,38,42);6,8-9,15,17-18,20,22-23,25-26,28,34,41H,7,10-14,16H2,1-5H3,(H,35,39);6,8-9,14,16-17,19,21,23-25,27,33,40H,7,10-13,15H2,1-5H3,(H,34,38);3*1H3,(H,2,3,4)/t23-,25-,26-,28-,29+,31?,35-,36+;20?,22-,23+,25-,26?,28?,32+,33-;19-,21-,23-,24+,25-,27?,31-,32+;;;/m111.../s1. The molecule has 12 fully saturated rings. The molecule has 0 saturated carbocycles. The Morgan fingerprint density at radius 3 is 1.04 bits per heavy atom. The summed E-state index contributed by atoms with van der Waals surface area (Å²) in [7, 11) is -4.76. The Morgan fingerprint density at radius 1 is 0.427 bits per heavy atom. The third-order valence-electron chi connectivity index (χ3n) is 33.8. The number of aromatic nitrogens is 3. The van der Waals surface area contributed by atoms with E-state index < -0.39 is 142 Å². The van der Waals surface area contributed by atoms with Crippen LogP contribution < -0.4 is 16.0 Å². The number of carbonyl (C=O) groups is 9. The van der Waals surface area contributed by atoms with Crippen LogP contribution in [0.15, 0.2) is 104 Å². The quantitative estimate of drug-likeness (QED) is 0.0461. The number of amides is 6. The molecule has 3 aliphatic carbocycles. The third kappa shape index (κ3) is 18.9. The average molecular weight is 2040 g/mol. The number of H-pyrrole nitrogens is 3. The van der Waals surface area contributed by atoms with Crippen molar-refractivity contribution in [1.82, 2.24) is 60.3 Å². The van der Waals surface area contributed by atoms with Gasteiger partial charge in [0, 0.05) is 144 Å². The second-order valence-electron chi connectivity index (χ2n) is 44.8. The van der Waals surface area contributed by atoms with Gasteiger partial charge in [0.1, 0.15) is 0 Å². The molecule has 0 spiro atoms. The number of likely N-dealkylation sites (tertiary alicyclic amines) is 3. The first-order valence-corrected chi connectivity index (χ1v) is 56.1. The topological polar surface area (TPSA) is 508 Å². The second kappa shape index (κ2) is 38.8. The maximum absolute atomic E-state index is 14.7. The molecule has 5 unspecified atom stereocenters. The molecular weight excluding hydrogens is 1900 g/mol. The van der Waals surface area contributed by atoms with Crippen LogP contribution in [-0.2, 0) is 113 Å². The lowest BCUT2D eigenvalue weighted by Crippen LogP contribution is -2.65. The van der Waals surface area contributed by atoms with Crippen molar-refractivity contribution in [2.24, 2.45) is 82.9 Å². The van der Waals surface area contributed by atoms with E-state index in [1.54, 1.807) is 14.7 Å². The van der Waals surface area contributed by atoms with Gasteiger partial charge < -0.3 is 89.8 Å². The van der Waals surface area contributed by atoms with Gasteiger partial charge in [-0.3, -0.25) is 56.8 Å². The first-order chi connectivity index (χ1) is 67.1. The molecule has 6 amide bonds. The monoisotopic (exact) mass is 2040 g/mol. The van der Waals surface area contributed by atoms with Crippen molar-refractivity contribution in [3.05, 3.63) is 142 Å². The van der Waals surface area contributed by atoms with Crippen molar-refractivity contribution in [2.45, 2.75) is 248 Å². The van der Waals surface area contributed by atoms with E-state index in [4.69, 9.17) is 27.9 Å². The number of carbonyl (C=O) groups excluding carboxylic acids is 9. The summed E-state index contributed by atoms with van der Waals surface area (Å²) in [6, 6.07) is 27.8. The van der Waals surface area contributed by atoms with Crippen molar-refractivity contribution >= 4 is 116 Å². The van der Waals surface area contributed by atoms with E-state index in [0.717, 1.165) is 60.6 Å². The highest BCUT2D eigenvalue weighted by Crippen LogP contribution is 2.59. The number of nitrogens with zero attached hydrogens (tertiary/aromatic N) is 6. The smallest absolute Gasteiger partial charge is 0.261 e. The van der Waals surface area contributed by atoms with E-state index in [9.17, 15) is 83.7 Å². The predicted molar refractivity (Wildman–Crippen MR) is 530 cm³/mol. The third-order valence-corrected chi connectivity index (χ3v) is 33.8. The van der Waals surface area contributed by atoms with Crippen LogP contribution in [0.2, 0.25) is 0 Å². The van der Waals surface area contributed by atoms with Gasteiger partial charge in [0.05, 0.1) is 90.2 Å². The molecule has 4 aromatic carbocycles. The molecule has 22 rings (SSSR count). The summed E-state index contributed by atoms with van der Waals surface area (Å²) in [5, 5.41) is 49.8. The van der Waals surface area contributed by atoms with Gasteiger partial charge in [0.25, 0.3) is 30.4 Å². The lowest BCUT2D eigenvalue weighted by Gasteiger charge is -2.48. The van der Waals surface area contributed by atoms with Gasteiger partial charge in [-0.1, -0.05) is 136 Å². The van der Waals surface area contributed by atoms with E-state index in [1.165, 1.54) is 49.5 Å². The van der Waals surface area contributed by atoms with Gasteiger partial charge >= 0.3 is 0 Å². The molecule has 39 heteroatoms. The van der Waals surface area contributed by atoms with E-state index in [-0.39, 0.29) is 100 Å². The molecule has 24 atom stereocenters. The van der Waals surface area contributed by atoms with Crippen molar-refractivity contribution in [3.8, 4) is 0 Å². The van der Waals surface area contributed by atoms with Gasteiger partial charge in [-0.15, -0.1) is 0 Å². The molecule has 15 aliphatic rings. The summed E-state index contributed by atoms with van der Waals surface area (Å²) in [4.78, 5) is 150. The summed E-state index contributed by atoms with van der Waals surface area (Å²) in [5.74, 6) is -14.8. The number of ether oxygens (including phenoxy) is 3. The number of Topliss-reactive ketones (excluding diaryl/α,β-unsaturated/α-hetero) is 3. The fourth-order valence-corrected chi connectivity index (χ4v) is 27.6. The number of likely N-dealkylation sites (N-methyl/N-ethyl adjacent to an activating group) is 3. The molecule has 143 heavy (non-hydrogen) atoms. The van der Waals surface area contributed by atoms with Crippen LogP contribution >= 0.6 is 0 Å². The highest BCUT2D eigenvalue weighted by atomic mass is 32.2. The number of rotatable bonds is 14. The average Bonchev–Trinajstić information content (AvgIpc) is 1.54. The van der Waals surface area contributed by atoms with Gasteiger partial charge in [-0.25, -0.2) is 0 Å². The first-order valence-electron chi connectivity index (χ1n) is 50.5. The van der Waals surface area contributed by atoms with Crippen LogP contribution in [0, 0.1) is 82.9 Å². The summed E-state index contributed by atoms with van der Waals surface area (Å²) in [5.41, 5.74) is 6.93. The van der Waals surface area contributed by atoms with Crippen molar-refractivity contribution in [2.75, 3.05) is 79.2 Å². The molecule has 12 saturated heterocycles. The van der Waals surface area contributed by atoms with Crippen molar-refractivity contribution < 1.29 is 112 Å². The fourth-order valence-electron chi connectivity index (χ4n) is 27.6. The summed E-state index contributed by atoms with van der Waals surface area (Å²) in [6.45, 7) is 22.3. The van der Waals surface area contributed by atoms with Crippen LogP contribution in [-0.4, -0.2) is 301 Å². The van der Waals surface area contributed by atoms with Crippen LogP contribution in [0.3, 0.4) is 0 Å². The molecule has 0 radical (unpaired) electrons. The Kier molecular flexibility index (Phi) is 28.5. The lowest BCUT2D eigenvalue weighted by atomic mass is 9.69. The Labute approximate surface area is 834 Å². The summed E-state index contributed by atoms with van der Waals surface area (Å²) < 4.78 is 97.2. The number of aromatic amines is 3. The highest BCUT2D eigenvalue weighted by Gasteiger charge is 2.77. The van der Waals surface area contributed by atoms with Gasteiger partial charge in [0.15, 0.2) is 34.7 Å². The van der Waals surface area contributed by atoms with Crippen LogP contribution in [0.1, 0.15) is 190 Å². The summed E-state index contributed by atoms with van der Waals surface area (Å²) >= 11 is 0. The normalized spacial score (nSPS) is 34.7. The highest BCUT2D eigenvalue weighted by molar-refractivity contribution is 7.85. The molecule has 3 aromatic heterocycles. The molecule has 12 aliphatic heterocycles. The zero-order chi connectivity index (χ0) is 103. The number of hydrogen-bond donors (Lipinski definition) is 12. The maximum atomic E-state index is 14.7. The largest absolute Gasteiger partial charge is 0.363 e. The van der Waals surface area contributed by atoms with Gasteiger partial charge in [-0.2, -0.15) is 25.3 Å². The zero-order valence-corrected chi connectivity index (χ0v) is 86.6. The fraction of sp³-hybridized carbons (Fsp3) is 0.625. The minimum atomic E-state index is -3.67. The minimum absolute atomic E-state index is 0.0701. The van der Waals surface area contributed by atoms with E-state index in [0.29, 0.717) is 121 Å². The molecule has 36 nitrogen and oxygen atoms in total. The minimum Gasteiger partial charge on any atom is -0.363 e. The Balaban J connectivity index is 0.000000137. The number of hydrogen-bond acceptors (Lipinski definition) is 24. The van der Waals surface area contributed by atoms with Crippen LogP contribution in [0.4, 0.5) is 0 Å². The number of piperidine rings is 6. The molecule has 12 N–H and O–H groups in total. The molecule has 15 heterocycles. The Hall–Kier alpha value is -9.30. The molecule has 0 bridgehead atoms. The zero-order valence-electron chi connectivity index (χ0n) is 84.2. The van der Waals surface area contributed by atoms with Gasteiger partial charge in [0.2, 0.25) is 52.6 Å². The molecule has 778 valence electrons.